The number of thioether (sulfide) groups is 1. The van der Waals surface area contributed by atoms with Crippen LogP contribution in [0.5, 0.6) is 0 Å². The van der Waals surface area contributed by atoms with Crippen LogP contribution in [0.4, 0.5) is 0 Å². The maximum absolute atomic E-state index is 12.4. The zero-order valence-electron chi connectivity index (χ0n) is 11.5. The minimum atomic E-state index is -0.345. The molecule has 0 radical (unpaired) electrons. The molecule has 4 nitrogen and oxygen atoms in total. The Bertz CT molecular complexity index is 542. The van der Waals surface area contributed by atoms with Crippen molar-refractivity contribution in [3.05, 3.63) is 28.5 Å². The lowest BCUT2D eigenvalue weighted by Crippen LogP contribution is -2.44. The van der Waals surface area contributed by atoms with E-state index in [0.29, 0.717) is 36.6 Å². The number of likely N-dealkylation sites (tertiary alicyclic amines) is 1. The van der Waals surface area contributed by atoms with E-state index >= 15 is 0 Å². The van der Waals surface area contributed by atoms with Crippen LogP contribution < -0.4 is 0 Å². The Balaban J connectivity index is 2.11. The summed E-state index contributed by atoms with van der Waals surface area (Å²) < 4.78 is -0.345. The van der Waals surface area contributed by atoms with E-state index in [1.807, 2.05) is 13.2 Å². The molecule has 0 spiro atoms. The van der Waals surface area contributed by atoms with Crippen molar-refractivity contribution in [1.82, 2.24) is 9.88 Å². The van der Waals surface area contributed by atoms with Crippen molar-refractivity contribution < 1.29 is 4.79 Å². The van der Waals surface area contributed by atoms with Crippen LogP contribution in [0, 0.1) is 18.3 Å². The maximum Gasteiger partial charge on any atom is 0.254 e. The maximum atomic E-state index is 12.4. The first-order chi connectivity index (χ1) is 9.49. The topological polar surface area (TPSA) is 57.0 Å². The van der Waals surface area contributed by atoms with Crippen LogP contribution in [-0.2, 0) is 0 Å². The zero-order valence-corrected chi connectivity index (χ0v) is 13.1. The predicted octanol–water partition coefficient (Wildman–Crippen LogP) is 2.90. The van der Waals surface area contributed by atoms with Gasteiger partial charge in [0.1, 0.15) is 9.90 Å². The fraction of sp³-hybridized carbons (Fsp3) is 0.500. The molecule has 0 aliphatic carbocycles. The predicted molar refractivity (Wildman–Crippen MR) is 81.0 cm³/mol. The third kappa shape index (κ3) is 3.08. The smallest absolute Gasteiger partial charge is 0.254 e. The van der Waals surface area contributed by atoms with Crippen molar-refractivity contribution in [2.75, 3.05) is 19.3 Å². The molecule has 1 aliphatic heterocycles. The summed E-state index contributed by atoms with van der Waals surface area (Å²) in [5.41, 5.74) is 1.30. The van der Waals surface area contributed by atoms with Gasteiger partial charge in [-0.3, -0.25) is 4.79 Å². The molecule has 106 valence electrons. The highest BCUT2D eigenvalue weighted by molar-refractivity contribution is 8.00. The highest BCUT2D eigenvalue weighted by Crippen LogP contribution is 2.34. The summed E-state index contributed by atoms with van der Waals surface area (Å²) in [5.74, 6) is -0.0370. The molecule has 1 saturated heterocycles. The van der Waals surface area contributed by atoms with Crippen molar-refractivity contribution in [2.45, 2.75) is 24.5 Å². The van der Waals surface area contributed by atoms with E-state index in [9.17, 15) is 10.1 Å². The minimum absolute atomic E-state index is 0.0370. The van der Waals surface area contributed by atoms with E-state index in [4.69, 9.17) is 11.6 Å². The fourth-order valence-electron chi connectivity index (χ4n) is 2.37. The van der Waals surface area contributed by atoms with Crippen LogP contribution in [0.2, 0.25) is 5.15 Å². The Kier molecular flexibility index (Phi) is 4.56. The molecule has 0 unspecified atom stereocenters. The van der Waals surface area contributed by atoms with Crippen molar-refractivity contribution in [2.24, 2.45) is 0 Å². The van der Waals surface area contributed by atoms with Gasteiger partial charge in [-0.05, 0) is 38.2 Å². The molecule has 1 fully saturated rings. The van der Waals surface area contributed by atoms with Crippen molar-refractivity contribution >= 4 is 29.3 Å². The Hall–Kier alpha value is -1.25. The Morgan fingerprint density at radius 1 is 1.50 bits per heavy atom. The van der Waals surface area contributed by atoms with Crippen LogP contribution in [0.25, 0.3) is 0 Å². The molecule has 6 heteroatoms. The van der Waals surface area contributed by atoms with Gasteiger partial charge in [-0.15, -0.1) is 11.8 Å². The summed E-state index contributed by atoms with van der Waals surface area (Å²) in [4.78, 5) is 18.3. The molecule has 2 rings (SSSR count). The molecule has 1 aromatic heterocycles. The molecule has 1 aromatic rings. The number of nitriles is 1. The van der Waals surface area contributed by atoms with Gasteiger partial charge in [-0.25, -0.2) is 4.98 Å². The average Bonchev–Trinajstić information content (AvgIpc) is 2.45. The first-order valence-electron chi connectivity index (χ1n) is 6.39. The van der Waals surface area contributed by atoms with Gasteiger partial charge in [0.2, 0.25) is 0 Å². The van der Waals surface area contributed by atoms with E-state index in [1.165, 1.54) is 0 Å². The molecule has 1 aliphatic rings. The SMILES string of the molecule is CSC1(C#N)CCN(C(=O)c2cc(C)nc(Cl)c2)CC1. The number of hydrogen-bond donors (Lipinski definition) is 0. The summed E-state index contributed by atoms with van der Waals surface area (Å²) in [6.07, 6.45) is 3.36. The number of nitrogens with zero attached hydrogens (tertiary/aromatic N) is 3. The Morgan fingerprint density at radius 3 is 2.65 bits per heavy atom. The number of carbonyl (C=O) groups is 1. The number of carbonyl (C=O) groups excluding carboxylic acids is 1. The molecule has 0 saturated carbocycles. The fourth-order valence-corrected chi connectivity index (χ4v) is 3.30. The highest BCUT2D eigenvalue weighted by Gasteiger charge is 2.35. The Morgan fingerprint density at radius 2 is 2.15 bits per heavy atom. The quantitative estimate of drug-likeness (QED) is 0.788. The number of piperidine rings is 1. The highest BCUT2D eigenvalue weighted by atomic mass is 35.5. The molecule has 20 heavy (non-hydrogen) atoms. The van der Waals surface area contributed by atoms with Gasteiger partial charge in [-0.1, -0.05) is 11.6 Å². The second kappa shape index (κ2) is 6.02. The number of amides is 1. The standard InChI is InChI=1S/C14H16ClN3OS/c1-10-7-11(8-12(15)17-10)13(19)18-5-3-14(9-16,20-2)4-6-18/h7-8H,3-6H2,1-2H3. The number of pyridine rings is 1. The molecule has 0 atom stereocenters. The zero-order chi connectivity index (χ0) is 14.8. The lowest BCUT2D eigenvalue weighted by Gasteiger charge is -2.36. The van der Waals surface area contributed by atoms with Gasteiger partial charge >= 0.3 is 0 Å². The van der Waals surface area contributed by atoms with Gasteiger partial charge < -0.3 is 4.90 Å². The second-order valence-corrected chi connectivity index (χ2v) is 6.50. The van der Waals surface area contributed by atoms with Crippen LogP contribution >= 0.6 is 23.4 Å². The van der Waals surface area contributed by atoms with Crippen LogP contribution in [0.1, 0.15) is 28.9 Å². The lowest BCUT2D eigenvalue weighted by atomic mass is 9.96. The van der Waals surface area contributed by atoms with E-state index in [2.05, 4.69) is 11.1 Å². The number of aryl methyl sites for hydroxylation is 1. The monoisotopic (exact) mass is 309 g/mol. The van der Waals surface area contributed by atoms with E-state index in [1.54, 1.807) is 28.8 Å². The molecular formula is C14H16ClN3OS. The van der Waals surface area contributed by atoms with E-state index in [0.717, 1.165) is 5.69 Å². The van der Waals surface area contributed by atoms with Crippen LogP contribution in [0.15, 0.2) is 12.1 Å². The molecule has 1 amide bonds. The summed E-state index contributed by atoms with van der Waals surface area (Å²) in [6.45, 7) is 3.02. The van der Waals surface area contributed by atoms with Gasteiger partial charge in [0.05, 0.1) is 6.07 Å². The average molecular weight is 310 g/mol. The van der Waals surface area contributed by atoms with Gasteiger partial charge in [0.15, 0.2) is 0 Å². The molecule has 2 heterocycles. The normalized spacial score (nSPS) is 17.6. The largest absolute Gasteiger partial charge is 0.338 e. The third-order valence-corrected chi connectivity index (χ3v) is 5.10. The molecule has 0 bridgehead atoms. The summed E-state index contributed by atoms with van der Waals surface area (Å²) in [7, 11) is 0. The number of rotatable bonds is 2. The van der Waals surface area contributed by atoms with Crippen molar-refractivity contribution in [3.8, 4) is 6.07 Å². The number of aromatic nitrogens is 1. The van der Waals surface area contributed by atoms with E-state index < -0.39 is 0 Å². The summed E-state index contributed by atoms with van der Waals surface area (Å²) >= 11 is 7.47. The summed E-state index contributed by atoms with van der Waals surface area (Å²) in [5, 5.41) is 9.59. The molecule has 0 N–H and O–H groups in total. The van der Waals surface area contributed by atoms with Gasteiger partial charge in [0, 0.05) is 24.3 Å². The number of hydrogen-bond acceptors (Lipinski definition) is 4. The molecule has 0 aromatic carbocycles. The van der Waals surface area contributed by atoms with Crippen molar-refractivity contribution in [1.29, 1.82) is 5.26 Å². The van der Waals surface area contributed by atoms with Crippen molar-refractivity contribution in [3.63, 3.8) is 0 Å². The third-order valence-electron chi connectivity index (χ3n) is 3.62. The molecular weight excluding hydrogens is 294 g/mol. The van der Waals surface area contributed by atoms with Gasteiger partial charge in [-0.2, -0.15) is 5.26 Å². The van der Waals surface area contributed by atoms with Gasteiger partial charge in [0.25, 0.3) is 5.91 Å². The van der Waals surface area contributed by atoms with E-state index in [-0.39, 0.29) is 10.7 Å². The summed E-state index contributed by atoms with van der Waals surface area (Å²) in [6, 6.07) is 5.72. The minimum Gasteiger partial charge on any atom is -0.338 e. The number of halogens is 1. The second-order valence-electron chi connectivity index (χ2n) is 4.92. The lowest BCUT2D eigenvalue weighted by molar-refractivity contribution is 0.0716. The first-order valence-corrected chi connectivity index (χ1v) is 8.00. The Labute approximate surface area is 128 Å². The van der Waals surface area contributed by atoms with Crippen LogP contribution in [-0.4, -0.2) is 39.9 Å². The van der Waals surface area contributed by atoms with Crippen LogP contribution in [0.3, 0.4) is 0 Å². The first kappa shape index (κ1) is 15.1.